The number of hydrogen-bond acceptors (Lipinski definition) is 2. The molecule has 0 bridgehead atoms. The first kappa shape index (κ1) is 16.3. The van der Waals surface area contributed by atoms with Crippen molar-refractivity contribution in [3.63, 3.8) is 0 Å². The van der Waals surface area contributed by atoms with Gasteiger partial charge in [-0.05, 0) is 18.1 Å². The standard InChI is InChI=1S/C16H27ClN2/c1-6-13(4)11-19(5)16-9-7-8-15(17)14(16)10-18-12(2)3/h7-9,12-13,18H,6,10-11H2,1-5H3. The van der Waals surface area contributed by atoms with Gasteiger partial charge in [-0.25, -0.2) is 0 Å². The van der Waals surface area contributed by atoms with Crippen LogP contribution in [0, 0.1) is 5.92 Å². The molecule has 0 radical (unpaired) electrons. The van der Waals surface area contributed by atoms with E-state index in [1.54, 1.807) is 0 Å². The quantitative estimate of drug-likeness (QED) is 0.801. The van der Waals surface area contributed by atoms with E-state index in [9.17, 15) is 0 Å². The largest absolute Gasteiger partial charge is 0.374 e. The average molecular weight is 283 g/mol. The van der Waals surface area contributed by atoms with Gasteiger partial charge in [-0.3, -0.25) is 0 Å². The van der Waals surface area contributed by atoms with Gasteiger partial charge in [0.05, 0.1) is 0 Å². The van der Waals surface area contributed by atoms with Crippen molar-refractivity contribution in [2.24, 2.45) is 5.92 Å². The van der Waals surface area contributed by atoms with Gasteiger partial charge in [-0.15, -0.1) is 0 Å². The van der Waals surface area contributed by atoms with Gasteiger partial charge < -0.3 is 10.2 Å². The highest BCUT2D eigenvalue weighted by Gasteiger charge is 2.12. The summed E-state index contributed by atoms with van der Waals surface area (Å²) in [6.45, 7) is 10.7. The molecule has 1 atom stereocenters. The van der Waals surface area contributed by atoms with Crippen LogP contribution in [0.2, 0.25) is 5.02 Å². The fourth-order valence-electron chi connectivity index (χ4n) is 2.08. The molecule has 0 heterocycles. The molecular formula is C16H27ClN2. The molecule has 0 amide bonds. The maximum atomic E-state index is 6.36. The van der Waals surface area contributed by atoms with E-state index in [2.05, 4.69) is 51.0 Å². The second kappa shape index (κ2) is 7.76. The lowest BCUT2D eigenvalue weighted by Crippen LogP contribution is -2.27. The van der Waals surface area contributed by atoms with Gasteiger partial charge in [0.25, 0.3) is 0 Å². The molecule has 0 spiro atoms. The second-order valence-corrected chi connectivity index (χ2v) is 6.07. The molecule has 0 aliphatic rings. The fraction of sp³-hybridized carbons (Fsp3) is 0.625. The third kappa shape index (κ3) is 5.04. The number of halogens is 1. The lowest BCUT2D eigenvalue weighted by atomic mass is 10.1. The molecule has 2 nitrogen and oxygen atoms in total. The number of hydrogen-bond donors (Lipinski definition) is 1. The number of anilines is 1. The van der Waals surface area contributed by atoms with Crippen LogP contribution in [0.4, 0.5) is 5.69 Å². The van der Waals surface area contributed by atoms with Crippen molar-refractivity contribution < 1.29 is 0 Å². The Hall–Kier alpha value is -0.730. The van der Waals surface area contributed by atoms with E-state index >= 15 is 0 Å². The lowest BCUT2D eigenvalue weighted by Gasteiger charge is -2.26. The molecule has 0 aromatic heterocycles. The maximum absolute atomic E-state index is 6.36. The second-order valence-electron chi connectivity index (χ2n) is 5.67. The Labute approximate surface area is 123 Å². The number of nitrogens with zero attached hydrogens (tertiary/aromatic N) is 1. The van der Waals surface area contributed by atoms with E-state index in [0.717, 1.165) is 18.1 Å². The molecule has 0 saturated heterocycles. The molecule has 0 aliphatic carbocycles. The zero-order valence-electron chi connectivity index (χ0n) is 12.8. The van der Waals surface area contributed by atoms with Gasteiger partial charge in [-0.2, -0.15) is 0 Å². The van der Waals surface area contributed by atoms with Crippen LogP contribution >= 0.6 is 11.6 Å². The van der Waals surface area contributed by atoms with Gasteiger partial charge >= 0.3 is 0 Å². The van der Waals surface area contributed by atoms with E-state index < -0.39 is 0 Å². The zero-order valence-corrected chi connectivity index (χ0v) is 13.6. The molecule has 1 aromatic rings. The zero-order chi connectivity index (χ0) is 14.4. The first-order chi connectivity index (χ1) is 8.95. The minimum Gasteiger partial charge on any atom is -0.374 e. The minimum atomic E-state index is 0.462. The highest BCUT2D eigenvalue weighted by Crippen LogP contribution is 2.27. The molecular weight excluding hydrogens is 256 g/mol. The Morgan fingerprint density at radius 1 is 1.26 bits per heavy atom. The highest BCUT2D eigenvalue weighted by atomic mass is 35.5. The molecule has 0 saturated carbocycles. The van der Waals surface area contributed by atoms with Gasteiger partial charge in [0.2, 0.25) is 0 Å². The van der Waals surface area contributed by atoms with E-state index in [0.29, 0.717) is 12.0 Å². The summed E-state index contributed by atoms with van der Waals surface area (Å²) in [5, 5.41) is 4.30. The first-order valence-corrected chi connectivity index (χ1v) is 7.55. The van der Waals surface area contributed by atoms with E-state index in [4.69, 9.17) is 11.6 Å². The van der Waals surface area contributed by atoms with E-state index in [-0.39, 0.29) is 0 Å². The Balaban J connectivity index is 2.89. The fourth-order valence-corrected chi connectivity index (χ4v) is 2.32. The van der Waals surface area contributed by atoms with Crippen molar-refractivity contribution in [2.45, 2.75) is 46.7 Å². The maximum Gasteiger partial charge on any atom is 0.0471 e. The highest BCUT2D eigenvalue weighted by molar-refractivity contribution is 6.31. The Kier molecular flexibility index (Phi) is 6.67. The van der Waals surface area contributed by atoms with Crippen LogP contribution < -0.4 is 10.2 Å². The summed E-state index contributed by atoms with van der Waals surface area (Å²) in [6, 6.07) is 6.62. The number of rotatable bonds is 7. The third-order valence-corrected chi connectivity index (χ3v) is 3.83. The molecule has 1 aromatic carbocycles. The predicted octanol–water partition coefficient (Wildman–Crippen LogP) is 4.32. The van der Waals surface area contributed by atoms with Crippen molar-refractivity contribution in [3.8, 4) is 0 Å². The summed E-state index contributed by atoms with van der Waals surface area (Å²) < 4.78 is 0. The van der Waals surface area contributed by atoms with Crippen LogP contribution in [-0.2, 0) is 6.54 Å². The molecule has 1 unspecified atom stereocenters. The lowest BCUT2D eigenvalue weighted by molar-refractivity contribution is 0.556. The molecule has 3 heteroatoms. The summed E-state index contributed by atoms with van der Waals surface area (Å²) in [7, 11) is 2.15. The van der Waals surface area contributed by atoms with Crippen LogP contribution in [0.1, 0.15) is 39.7 Å². The Bertz CT molecular complexity index is 390. The summed E-state index contributed by atoms with van der Waals surface area (Å²) in [5.74, 6) is 0.690. The smallest absolute Gasteiger partial charge is 0.0471 e. The summed E-state index contributed by atoms with van der Waals surface area (Å²) in [6.07, 6.45) is 1.20. The van der Waals surface area contributed by atoms with E-state index in [1.807, 2.05) is 12.1 Å². The first-order valence-electron chi connectivity index (χ1n) is 7.17. The van der Waals surface area contributed by atoms with Crippen molar-refractivity contribution >= 4 is 17.3 Å². The van der Waals surface area contributed by atoms with Crippen molar-refractivity contribution in [3.05, 3.63) is 28.8 Å². The summed E-state index contributed by atoms with van der Waals surface area (Å²) in [5.41, 5.74) is 2.43. The predicted molar refractivity (Wildman–Crippen MR) is 86.2 cm³/mol. The summed E-state index contributed by atoms with van der Waals surface area (Å²) >= 11 is 6.36. The number of nitrogens with one attached hydrogen (secondary N) is 1. The van der Waals surface area contributed by atoms with Crippen LogP contribution in [0.3, 0.4) is 0 Å². The topological polar surface area (TPSA) is 15.3 Å². The molecule has 19 heavy (non-hydrogen) atoms. The van der Waals surface area contributed by atoms with Crippen LogP contribution in [0.5, 0.6) is 0 Å². The van der Waals surface area contributed by atoms with Crippen LogP contribution in [-0.4, -0.2) is 19.6 Å². The average Bonchev–Trinajstić information content (AvgIpc) is 2.36. The van der Waals surface area contributed by atoms with Crippen LogP contribution in [0.25, 0.3) is 0 Å². The SMILES string of the molecule is CCC(C)CN(C)c1cccc(Cl)c1CNC(C)C. The molecule has 1 rings (SSSR count). The summed E-state index contributed by atoms with van der Waals surface area (Å²) in [4.78, 5) is 2.32. The van der Waals surface area contributed by atoms with Crippen molar-refractivity contribution in [2.75, 3.05) is 18.5 Å². The third-order valence-electron chi connectivity index (χ3n) is 3.47. The van der Waals surface area contributed by atoms with Gasteiger partial charge in [0, 0.05) is 42.5 Å². The van der Waals surface area contributed by atoms with Crippen molar-refractivity contribution in [1.82, 2.24) is 5.32 Å². The Morgan fingerprint density at radius 2 is 1.95 bits per heavy atom. The molecule has 0 fully saturated rings. The number of benzene rings is 1. The minimum absolute atomic E-state index is 0.462. The van der Waals surface area contributed by atoms with E-state index in [1.165, 1.54) is 17.7 Å². The van der Waals surface area contributed by atoms with Gasteiger partial charge in [0.15, 0.2) is 0 Å². The normalized spacial score (nSPS) is 12.8. The molecule has 108 valence electrons. The Morgan fingerprint density at radius 3 is 2.53 bits per heavy atom. The van der Waals surface area contributed by atoms with Gasteiger partial charge in [0.1, 0.15) is 0 Å². The molecule has 0 aliphatic heterocycles. The molecule has 1 N–H and O–H groups in total. The van der Waals surface area contributed by atoms with Crippen molar-refractivity contribution in [1.29, 1.82) is 0 Å². The van der Waals surface area contributed by atoms with Gasteiger partial charge in [-0.1, -0.05) is 51.8 Å². The monoisotopic (exact) mass is 282 g/mol. The van der Waals surface area contributed by atoms with Crippen LogP contribution in [0.15, 0.2) is 18.2 Å².